The van der Waals surface area contributed by atoms with E-state index < -0.39 is 10.0 Å². The van der Waals surface area contributed by atoms with E-state index in [9.17, 15) is 8.42 Å². The number of aliphatic hydroxyl groups is 1. The molecule has 18 heavy (non-hydrogen) atoms. The number of nitrogens with zero attached hydrogens (tertiary/aromatic N) is 2. The zero-order valence-electron chi connectivity index (χ0n) is 9.49. The van der Waals surface area contributed by atoms with Gasteiger partial charge in [-0.3, -0.25) is 0 Å². The molecule has 2 rings (SSSR count). The highest BCUT2D eigenvalue weighted by Gasteiger charge is 2.23. The monoisotopic (exact) mass is 285 g/mol. The van der Waals surface area contributed by atoms with Gasteiger partial charge >= 0.3 is 0 Å². The molecule has 0 aliphatic carbocycles. The van der Waals surface area contributed by atoms with Crippen LogP contribution in [0.1, 0.15) is 10.4 Å². The minimum absolute atomic E-state index is 0.00647. The summed E-state index contributed by atoms with van der Waals surface area (Å²) in [6, 6.07) is 1.59. The van der Waals surface area contributed by atoms with E-state index in [-0.39, 0.29) is 17.5 Å². The van der Waals surface area contributed by atoms with Crippen molar-refractivity contribution in [2.24, 2.45) is 0 Å². The van der Waals surface area contributed by atoms with Gasteiger partial charge in [-0.1, -0.05) is 0 Å². The summed E-state index contributed by atoms with van der Waals surface area (Å²) in [6.45, 7) is 1.36. The Morgan fingerprint density at radius 2 is 2.06 bits per heavy atom. The third kappa shape index (κ3) is 2.50. The Hall–Kier alpha value is -1.51. The number of aromatic nitrogens is 2. The lowest BCUT2D eigenvalue weighted by molar-refractivity contribution is 0.282. The van der Waals surface area contributed by atoms with Crippen molar-refractivity contribution in [3.8, 4) is 0 Å². The summed E-state index contributed by atoms with van der Waals surface area (Å²) in [5.74, 6) is 0.00647. The molecule has 0 aliphatic rings. The minimum atomic E-state index is -3.77. The van der Waals surface area contributed by atoms with E-state index in [1.54, 1.807) is 18.4 Å². The fourth-order valence-corrected chi connectivity index (χ4v) is 4.10. The first-order valence-electron chi connectivity index (χ1n) is 5.02. The lowest BCUT2D eigenvalue weighted by Crippen LogP contribution is -2.16. The van der Waals surface area contributed by atoms with Crippen LogP contribution in [0.5, 0.6) is 0 Å². The SMILES string of the molecule is Cc1csc(CO)c1S(=O)(=O)Nc1ncccn1. The van der Waals surface area contributed by atoms with E-state index in [1.165, 1.54) is 23.7 Å². The lowest BCUT2D eigenvalue weighted by Gasteiger charge is -2.07. The molecule has 0 unspecified atom stereocenters. The van der Waals surface area contributed by atoms with E-state index in [0.717, 1.165) is 0 Å². The largest absolute Gasteiger partial charge is 0.391 e. The molecule has 96 valence electrons. The molecule has 0 radical (unpaired) electrons. The van der Waals surface area contributed by atoms with Crippen LogP contribution in [0.4, 0.5) is 5.95 Å². The maximum Gasteiger partial charge on any atom is 0.265 e. The molecular formula is C10H11N3O3S2. The van der Waals surface area contributed by atoms with Crippen LogP contribution in [0.15, 0.2) is 28.7 Å². The van der Waals surface area contributed by atoms with Gasteiger partial charge in [-0.15, -0.1) is 11.3 Å². The van der Waals surface area contributed by atoms with Crippen LogP contribution in [-0.2, 0) is 16.6 Å². The third-order valence-electron chi connectivity index (χ3n) is 2.19. The number of nitrogens with one attached hydrogen (secondary N) is 1. The Morgan fingerprint density at radius 3 is 2.67 bits per heavy atom. The summed E-state index contributed by atoms with van der Waals surface area (Å²) in [6.07, 6.45) is 2.89. The highest BCUT2D eigenvalue weighted by molar-refractivity contribution is 7.93. The lowest BCUT2D eigenvalue weighted by atomic mass is 10.3. The van der Waals surface area contributed by atoms with Crippen LogP contribution in [0.2, 0.25) is 0 Å². The zero-order chi connectivity index (χ0) is 13.2. The number of aryl methyl sites for hydroxylation is 1. The summed E-state index contributed by atoms with van der Waals surface area (Å²) in [7, 11) is -3.77. The van der Waals surface area contributed by atoms with Crippen molar-refractivity contribution in [2.45, 2.75) is 18.4 Å². The molecule has 2 heterocycles. The van der Waals surface area contributed by atoms with Gasteiger partial charge in [0.25, 0.3) is 10.0 Å². The van der Waals surface area contributed by atoms with Gasteiger partial charge in [0.1, 0.15) is 4.90 Å². The van der Waals surface area contributed by atoms with Crippen molar-refractivity contribution in [3.63, 3.8) is 0 Å². The van der Waals surface area contributed by atoms with Crippen LogP contribution in [0, 0.1) is 6.92 Å². The Kier molecular flexibility index (Phi) is 3.60. The molecule has 8 heteroatoms. The maximum absolute atomic E-state index is 12.2. The zero-order valence-corrected chi connectivity index (χ0v) is 11.1. The summed E-state index contributed by atoms with van der Waals surface area (Å²) in [5, 5.41) is 10.8. The Bertz CT molecular complexity index is 638. The predicted molar refractivity (Wildman–Crippen MR) is 67.8 cm³/mol. The van der Waals surface area contributed by atoms with Crippen LogP contribution in [0.25, 0.3) is 0 Å². The average molecular weight is 285 g/mol. The number of thiophene rings is 1. The van der Waals surface area contributed by atoms with Gasteiger partial charge in [0, 0.05) is 12.4 Å². The van der Waals surface area contributed by atoms with Crippen molar-refractivity contribution in [1.82, 2.24) is 9.97 Å². The molecular weight excluding hydrogens is 274 g/mol. The first-order valence-corrected chi connectivity index (χ1v) is 7.38. The van der Waals surface area contributed by atoms with Crippen molar-refractivity contribution < 1.29 is 13.5 Å². The van der Waals surface area contributed by atoms with Gasteiger partial charge in [-0.25, -0.2) is 23.1 Å². The quantitative estimate of drug-likeness (QED) is 0.878. The predicted octanol–water partition coefficient (Wildman–Crippen LogP) is 1.14. The van der Waals surface area contributed by atoms with Gasteiger partial charge in [-0.05, 0) is 23.9 Å². The van der Waals surface area contributed by atoms with Gasteiger partial charge < -0.3 is 5.11 Å². The molecule has 2 N–H and O–H groups in total. The van der Waals surface area contributed by atoms with E-state index in [1.807, 2.05) is 0 Å². The van der Waals surface area contributed by atoms with Crippen molar-refractivity contribution in [2.75, 3.05) is 4.72 Å². The molecule has 0 aliphatic heterocycles. The van der Waals surface area contributed by atoms with Crippen molar-refractivity contribution in [1.29, 1.82) is 0 Å². The topological polar surface area (TPSA) is 92.2 Å². The molecule has 6 nitrogen and oxygen atoms in total. The number of aliphatic hydroxyl groups excluding tert-OH is 1. The van der Waals surface area contributed by atoms with Gasteiger partial charge in [-0.2, -0.15) is 0 Å². The smallest absolute Gasteiger partial charge is 0.265 e. The standard InChI is InChI=1S/C10H11N3O3S2/c1-7-6-17-8(5-14)9(7)18(15,16)13-10-11-3-2-4-12-10/h2-4,6,14H,5H2,1H3,(H,11,12,13). The van der Waals surface area contributed by atoms with Gasteiger partial charge in [0.15, 0.2) is 0 Å². The second-order valence-electron chi connectivity index (χ2n) is 3.51. The number of anilines is 1. The summed E-state index contributed by atoms with van der Waals surface area (Å²) >= 11 is 1.20. The van der Waals surface area contributed by atoms with Crippen molar-refractivity contribution >= 4 is 27.3 Å². The van der Waals surface area contributed by atoms with Crippen molar-refractivity contribution in [3.05, 3.63) is 34.3 Å². The Morgan fingerprint density at radius 1 is 1.39 bits per heavy atom. The Labute approximate surface area is 108 Å². The number of hydrogen-bond donors (Lipinski definition) is 2. The van der Waals surface area contributed by atoms with E-state index in [0.29, 0.717) is 10.4 Å². The van der Waals surface area contributed by atoms with Gasteiger partial charge in [0.2, 0.25) is 5.95 Å². The molecule has 0 spiro atoms. The van der Waals surface area contributed by atoms with E-state index >= 15 is 0 Å². The summed E-state index contributed by atoms with van der Waals surface area (Å²) < 4.78 is 26.6. The third-order valence-corrected chi connectivity index (χ3v) is 4.97. The summed E-state index contributed by atoms with van der Waals surface area (Å²) in [4.78, 5) is 8.10. The fraction of sp³-hybridized carbons (Fsp3) is 0.200. The average Bonchev–Trinajstić information content (AvgIpc) is 2.72. The molecule has 2 aromatic rings. The molecule has 0 aromatic carbocycles. The van der Waals surface area contributed by atoms with Gasteiger partial charge in [0.05, 0.1) is 11.5 Å². The second kappa shape index (κ2) is 5.01. The van der Waals surface area contributed by atoms with Crippen LogP contribution < -0.4 is 4.72 Å². The van der Waals surface area contributed by atoms with E-state index in [2.05, 4.69) is 14.7 Å². The molecule has 0 fully saturated rings. The number of hydrogen-bond acceptors (Lipinski definition) is 6. The van der Waals surface area contributed by atoms with E-state index in [4.69, 9.17) is 5.11 Å². The number of sulfonamides is 1. The first-order chi connectivity index (χ1) is 8.54. The fourth-order valence-electron chi connectivity index (χ4n) is 1.48. The summed E-state index contributed by atoms with van der Waals surface area (Å²) in [5.41, 5.74) is 0.590. The molecule has 0 atom stereocenters. The molecule has 0 bridgehead atoms. The Balaban J connectivity index is 2.40. The van der Waals surface area contributed by atoms with Crippen LogP contribution in [-0.4, -0.2) is 23.5 Å². The molecule has 0 saturated carbocycles. The molecule has 0 saturated heterocycles. The highest BCUT2D eigenvalue weighted by atomic mass is 32.2. The normalized spacial score (nSPS) is 11.4. The maximum atomic E-state index is 12.2. The molecule has 0 amide bonds. The second-order valence-corrected chi connectivity index (χ2v) is 6.09. The van der Waals surface area contributed by atoms with Crippen LogP contribution >= 0.6 is 11.3 Å². The number of rotatable bonds is 4. The first kappa shape index (κ1) is 12.9. The minimum Gasteiger partial charge on any atom is -0.391 e. The van der Waals surface area contributed by atoms with Crippen LogP contribution in [0.3, 0.4) is 0 Å². The molecule has 2 aromatic heterocycles. The highest BCUT2D eigenvalue weighted by Crippen LogP contribution is 2.27.